The lowest BCUT2D eigenvalue weighted by atomic mass is 9.87. The number of morpholine rings is 1. The number of rotatable bonds is 3. The van der Waals surface area contributed by atoms with Crippen LogP contribution in [0.2, 0.25) is 0 Å². The second kappa shape index (κ2) is 9.31. The Morgan fingerprint density at radius 1 is 1.20 bits per heavy atom. The minimum atomic E-state index is -0.0578. The van der Waals surface area contributed by atoms with Gasteiger partial charge in [-0.2, -0.15) is 5.26 Å². The molecule has 1 aliphatic carbocycles. The van der Waals surface area contributed by atoms with E-state index in [4.69, 9.17) is 9.72 Å². The summed E-state index contributed by atoms with van der Waals surface area (Å²) in [6.45, 7) is 9.14. The number of hydrogen-bond donors (Lipinski definition) is 0. The average molecular weight is 469 g/mol. The standard InChI is InChI=1S/C29H32N4O2/c1-18-14-19(2)31-29-28(18)24(15-30)26(12-13-27(34)32-16-20(3)35-21(4)17-32)33(29)25-11-7-9-22-8-5-6-10-23(22)25/h5-6,8,10,12-14,20-21,25H,7,9,11,16-17H2,1-4H3. The normalized spacial score (nSPS) is 22.4. The van der Waals surface area contributed by atoms with E-state index in [1.807, 2.05) is 44.7 Å². The van der Waals surface area contributed by atoms with Gasteiger partial charge in [-0.05, 0) is 75.8 Å². The van der Waals surface area contributed by atoms with Crippen LogP contribution in [-0.4, -0.2) is 45.7 Å². The molecule has 0 radical (unpaired) electrons. The minimum Gasteiger partial charge on any atom is -0.372 e. The SMILES string of the molecule is Cc1cc(C)c2c(C#N)c(C=CC(=O)N3CC(C)OC(C)C3)n(C3CCCc4ccccc43)c2n1. The first-order valence-corrected chi connectivity index (χ1v) is 12.5. The van der Waals surface area contributed by atoms with E-state index in [0.29, 0.717) is 18.7 Å². The van der Waals surface area contributed by atoms with Crippen LogP contribution in [0, 0.1) is 25.2 Å². The topological polar surface area (TPSA) is 71.2 Å². The largest absolute Gasteiger partial charge is 0.372 e. The zero-order valence-electron chi connectivity index (χ0n) is 20.9. The zero-order chi connectivity index (χ0) is 24.7. The molecule has 0 N–H and O–H groups in total. The molecule has 1 saturated heterocycles. The molecule has 3 heterocycles. The van der Waals surface area contributed by atoms with Gasteiger partial charge in [0.15, 0.2) is 0 Å². The van der Waals surface area contributed by atoms with Crippen molar-refractivity contribution in [1.82, 2.24) is 14.5 Å². The predicted molar refractivity (Wildman–Crippen MR) is 137 cm³/mol. The zero-order valence-corrected chi connectivity index (χ0v) is 20.9. The summed E-state index contributed by atoms with van der Waals surface area (Å²) in [7, 11) is 0. The van der Waals surface area contributed by atoms with Gasteiger partial charge in [-0.3, -0.25) is 4.79 Å². The molecule has 6 heteroatoms. The third-order valence-corrected chi connectivity index (χ3v) is 7.20. The molecular formula is C29H32N4O2. The summed E-state index contributed by atoms with van der Waals surface area (Å²) < 4.78 is 8.00. The summed E-state index contributed by atoms with van der Waals surface area (Å²) in [4.78, 5) is 19.9. The van der Waals surface area contributed by atoms with Gasteiger partial charge in [0.2, 0.25) is 5.91 Å². The van der Waals surface area contributed by atoms with E-state index in [9.17, 15) is 10.1 Å². The number of ether oxygens (including phenoxy) is 1. The Kier molecular flexibility index (Phi) is 6.21. The second-order valence-corrected chi connectivity index (χ2v) is 9.96. The number of nitrogens with zero attached hydrogens (tertiary/aromatic N) is 4. The molecule has 3 atom stereocenters. The molecule has 1 aromatic carbocycles. The molecule has 3 unspecified atom stereocenters. The second-order valence-electron chi connectivity index (χ2n) is 9.96. The monoisotopic (exact) mass is 468 g/mol. The van der Waals surface area contributed by atoms with E-state index in [2.05, 4.69) is 34.9 Å². The number of carbonyl (C=O) groups is 1. The van der Waals surface area contributed by atoms with Crippen molar-refractivity contribution < 1.29 is 9.53 Å². The van der Waals surface area contributed by atoms with E-state index in [1.54, 1.807) is 6.08 Å². The fraction of sp³-hybridized carbons (Fsp3) is 0.414. The number of nitriles is 1. The maximum absolute atomic E-state index is 13.2. The lowest BCUT2D eigenvalue weighted by Gasteiger charge is -2.34. The van der Waals surface area contributed by atoms with Crippen LogP contribution in [0.25, 0.3) is 17.1 Å². The molecule has 6 nitrogen and oxygen atoms in total. The Morgan fingerprint density at radius 2 is 1.94 bits per heavy atom. The van der Waals surface area contributed by atoms with Gasteiger partial charge < -0.3 is 14.2 Å². The molecule has 1 aliphatic heterocycles. The molecular weight excluding hydrogens is 436 g/mol. The smallest absolute Gasteiger partial charge is 0.246 e. The van der Waals surface area contributed by atoms with Crippen LogP contribution < -0.4 is 0 Å². The summed E-state index contributed by atoms with van der Waals surface area (Å²) in [5.74, 6) is -0.0578. The molecule has 180 valence electrons. The number of aromatic nitrogens is 2. The third kappa shape index (κ3) is 4.26. The van der Waals surface area contributed by atoms with E-state index in [1.165, 1.54) is 11.1 Å². The first-order chi connectivity index (χ1) is 16.9. The Bertz CT molecular complexity index is 1350. The highest BCUT2D eigenvalue weighted by molar-refractivity contribution is 5.96. The molecule has 3 aromatic rings. The van der Waals surface area contributed by atoms with Gasteiger partial charge in [0, 0.05) is 30.2 Å². The number of hydrogen-bond acceptors (Lipinski definition) is 4. The molecule has 0 bridgehead atoms. The van der Waals surface area contributed by atoms with Crippen LogP contribution in [0.1, 0.15) is 66.4 Å². The van der Waals surface area contributed by atoms with Gasteiger partial charge in [-0.15, -0.1) is 0 Å². The van der Waals surface area contributed by atoms with E-state index < -0.39 is 0 Å². The molecule has 2 aliphatic rings. The molecule has 0 spiro atoms. The maximum Gasteiger partial charge on any atom is 0.246 e. The van der Waals surface area contributed by atoms with E-state index >= 15 is 0 Å². The van der Waals surface area contributed by atoms with Gasteiger partial charge in [0.05, 0.1) is 29.5 Å². The van der Waals surface area contributed by atoms with Crippen molar-refractivity contribution in [2.75, 3.05) is 13.1 Å². The summed E-state index contributed by atoms with van der Waals surface area (Å²) in [6, 6.07) is 13.1. The highest BCUT2D eigenvalue weighted by atomic mass is 16.5. The lowest BCUT2D eigenvalue weighted by molar-refractivity contribution is -0.137. The van der Waals surface area contributed by atoms with Crippen molar-refractivity contribution in [2.45, 2.75) is 65.2 Å². The van der Waals surface area contributed by atoms with Crippen LogP contribution in [0.5, 0.6) is 0 Å². The van der Waals surface area contributed by atoms with E-state index in [0.717, 1.165) is 47.2 Å². The van der Waals surface area contributed by atoms with Crippen molar-refractivity contribution >= 4 is 23.0 Å². The Balaban J connectivity index is 1.66. The van der Waals surface area contributed by atoms with Crippen molar-refractivity contribution in [3.8, 4) is 6.07 Å². The van der Waals surface area contributed by atoms with Crippen molar-refractivity contribution in [2.24, 2.45) is 0 Å². The number of pyridine rings is 1. The van der Waals surface area contributed by atoms with Gasteiger partial charge in [-0.1, -0.05) is 24.3 Å². The Labute approximate surface area is 206 Å². The van der Waals surface area contributed by atoms with Crippen LogP contribution in [0.15, 0.2) is 36.4 Å². The van der Waals surface area contributed by atoms with Crippen LogP contribution >= 0.6 is 0 Å². The Hall–Kier alpha value is -3.43. The summed E-state index contributed by atoms with van der Waals surface area (Å²) in [5.41, 5.74) is 6.73. The molecule has 5 rings (SSSR count). The first-order valence-electron chi connectivity index (χ1n) is 12.5. The molecule has 2 aromatic heterocycles. The molecule has 1 amide bonds. The highest BCUT2D eigenvalue weighted by Crippen LogP contribution is 2.39. The summed E-state index contributed by atoms with van der Waals surface area (Å²) >= 11 is 0. The number of amides is 1. The van der Waals surface area contributed by atoms with Crippen LogP contribution in [-0.2, 0) is 16.0 Å². The first kappa shape index (κ1) is 23.3. The molecule has 1 fully saturated rings. The fourth-order valence-electron chi connectivity index (χ4n) is 5.87. The molecule has 0 saturated carbocycles. The molecule has 35 heavy (non-hydrogen) atoms. The lowest BCUT2D eigenvalue weighted by Crippen LogP contribution is -2.47. The quantitative estimate of drug-likeness (QED) is 0.502. The summed E-state index contributed by atoms with van der Waals surface area (Å²) in [6.07, 6.45) is 6.55. The van der Waals surface area contributed by atoms with Gasteiger partial charge in [-0.25, -0.2) is 4.98 Å². The minimum absolute atomic E-state index is 0.00536. The van der Waals surface area contributed by atoms with Crippen molar-refractivity contribution in [3.05, 3.63) is 70.0 Å². The van der Waals surface area contributed by atoms with Crippen LogP contribution in [0.4, 0.5) is 0 Å². The Morgan fingerprint density at radius 3 is 2.69 bits per heavy atom. The number of carbonyl (C=O) groups excluding carboxylic acids is 1. The van der Waals surface area contributed by atoms with E-state index in [-0.39, 0.29) is 24.2 Å². The van der Waals surface area contributed by atoms with Crippen molar-refractivity contribution in [1.29, 1.82) is 5.26 Å². The number of benzene rings is 1. The average Bonchev–Trinajstić information content (AvgIpc) is 3.14. The maximum atomic E-state index is 13.2. The van der Waals surface area contributed by atoms with Gasteiger partial charge in [0.1, 0.15) is 11.7 Å². The summed E-state index contributed by atoms with van der Waals surface area (Å²) in [5, 5.41) is 11.1. The number of fused-ring (bicyclic) bond motifs is 2. The predicted octanol–water partition coefficient (Wildman–Crippen LogP) is 5.10. The van der Waals surface area contributed by atoms with Gasteiger partial charge in [0.25, 0.3) is 0 Å². The van der Waals surface area contributed by atoms with Gasteiger partial charge >= 0.3 is 0 Å². The van der Waals surface area contributed by atoms with Crippen LogP contribution in [0.3, 0.4) is 0 Å². The highest BCUT2D eigenvalue weighted by Gasteiger charge is 2.29. The fourth-order valence-corrected chi connectivity index (χ4v) is 5.87. The third-order valence-electron chi connectivity index (χ3n) is 7.20. The number of aryl methyl sites for hydroxylation is 3. The van der Waals surface area contributed by atoms with Crippen molar-refractivity contribution in [3.63, 3.8) is 0 Å².